The van der Waals surface area contributed by atoms with Gasteiger partial charge in [0.15, 0.2) is 0 Å². The highest BCUT2D eigenvalue weighted by molar-refractivity contribution is 5.68. The summed E-state index contributed by atoms with van der Waals surface area (Å²) in [6, 6.07) is 11.2. The van der Waals surface area contributed by atoms with Gasteiger partial charge in [0.25, 0.3) is 0 Å². The number of rotatable bonds is 8. The molecule has 0 saturated carbocycles. The lowest BCUT2D eigenvalue weighted by molar-refractivity contribution is -0.138. The van der Waals surface area contributed by atoms with E-state index in [4.69, 9.17) is 9.47 Å². The third kappa shape index (κ3) is 6.35. The molecular weight excluding hydrogens is 473 g/mol. The monoisotopic (exact) mass is 502 g/mol. The molecule has 1 saturated heterocycles. The van der Waals surface area contributed by atoms with Crippen molar-refractivity contribution in [1.29, 1.82) is 0 Å². The minimum Gasteiger partial charge on any atom is -0.497 e. The molecule has 0 spiro atoms. The number of hydrogen-bond donors (Lipinski definition) is 2. The summed E-state index contributed by atoms with van der Waals surface area (Å²) in [5.41, 5.74) is 0.509. The average molecular weight is 503 g/mol. The third-order valence-electron chi connectivity index (χ3n) is 6.01. The lowest BCUT2D eigenvalue weighted by Gasteiger charge is -2.33. The Kier molecular flexibility index (Phi) is 7.80. The molecule has 192 valence electrons. The van der Waals surface area contributed by atoms with Crippen molar-refractivity contribution in [3.63, 3.8) is 0 Å². The maximum absolute atomic E-state index is 13.9. The van der Waals surface area contributed by atoms with Crippen LogP contribution in [-0.4, -0.2) is 67.2 Å². The number of piperazine rings is 1. The number of benzene rings is 2. The van der Waals surface area contributed by atoms with E-state index in [1.165, 1.54) is 12.4 Å². The van der Waals surface area contributed by atoms with Gasteiger partial charge in [-0.3, -0.25) is 4.90 Å². The van der Waals surface area contributed by atoms with Crippen molar-refractivity contribution < 1.29 is 22.6 Å². The zero-order valence-electron chi connectivity index (χ0n) is 20.4. The second-order valence-corrected chi connectivity index (χ2v) is 8.55. The minimum atomic E-state index is -4.47. The summed E-state index contributed by atoms with van der Waals surface area (Å²) < 4.78 is 52.4. The van der Waals surface area contributed by atoms with Crippen LogP contribution >= 0.6 is 0 Å². The number of ether oxygens (including phenoxy) is 2. The molecule has 0 unspecified atom stereocenters. The summed E-state index contributed by atoms with van der Waals surface area (Å²) in [4.78, 5) is 12.6. The van der Waals surface area contributed by atoms with Crippen LogP contribution in [0.5, 0.6) is 11.5 Å². The molecule has 1 fully saturated rings. The Hall–Kier alpha value is -3.57. The first-order chi connectivity index (χ1) is 17.2. The average Bonchev–Trinajstić information content (AvgIpc) is 2.86. The molecular formula is C25H29F3N6O2. The van der Waals surface area contributed by atoms with Crippen LogP contribution in [0, 0.1) is 0 Å². The van der Waals surface area contributed by atoms with Crippen molar-refractivity contribution >= 4 is 23.0 Å². The van der Waals surface area contributed by atoms with Crippen LogP contribution in [0.4, 0.5) is 36.2 Å². The van der Waals surface area contributed by atoms with Gasteiger partial charge < -0.3 is 25.0 Å². The fourth-order valence-electron chi connectivity index (χ4n) is 3.99. The molecule has 11 heteroatoms. The maximum Gasteiger partial charge on any atom is 0.416 e. The standard InChI is InChI=1S/C25H29F3N6O2/c1-33-8-10-34(11-9-33)15-17-4-5-18(12-20(17)25(26,27)28)31-23-14-24(30-16-29-23)32-21-13-19(35-2)6-7-22(21)36-3/h4-7,12-14,16H,8-11,15H2,1-3H3,(H2,29,30,31,32). The van der Waals surface area contributed by atoms with Crippen LogP contribution in [0.3, 0.4) is 0 Å². The number of hydrogen-bond acceptors (Lipinski definition) is 8. The summed E-state index contributed by atoms with van der Waals surface area (Å²) in [5, 5.41) is 6.10. The molecule has 2 N–H and O–H groups in total. The Morgan fingerprint density at radius 2 is 1.61 bits per heavy atom. The lowest BCUT2D eigenvalue weighted by atomic mass is 10.0. The number of likely N-dealkylation sites (N-methyl/N-ethyl adjacent to an activating group) is 1. The van der Waals surface area contributed by atoms with E-state index < -0.39 is 11.7 Å². The second kappa shape index (κ2) is 11.0. The first-order valence-corrected chi connectivity index (χ1v) is 11.4. The molecule has 0 amide bonds. The number of nitrogens with one attached hydrogen (secondary N) is 2. The maximum atomic E-state index is 13.9. The highest BCUT2D eigenvalue weighted by atomic mass is 19.4. The van der Waals surface area contributed by atoms with Crippen LogP contribution in [-0.2, 0) is 12.7 Å². The number of aromatic nitrogens is 2. The Labute approximate surface area is 208 Å². The number of anilines is 4. The highest BCUT2D eigenvalue weighted by Crippen LogP contribution is 2.36. The van der Waals surface area contributed by atoms with Crippen LogP contribution < -0.4 is 20.1 Å². The Bertz CT molecular complexity index is 1180. The van der Waals surface area contributed by atoms with Gasteiger partial charge >= 0.3 is 6.18 Å². The molecule has 3 aromatic rings. The van der Waals surface area contributed by atoms with Crippen molar-refractivity contribution in [3.05, 3.63) is 59.9 Å². The largest absolute Gasteiger partial charge is 0.497 e. The molecule has 8 nitrogen and oxygen atoms in total. The van der Waals surface area contributed by atoms with Crippen molar-refractivity contribution in [2.45, 2.75) is 12.7 Å². The molecule has 4 rings (SSSR count). The SMILES string of the molecule is COc1ccc(OC)c(Nc2cc(Nc3ccc(CN4CCN(C)CC4)c(C(F)(F)F)c3)ncn2)c1. The van der Waals surface area contributed by atoms with Crippen molar-refractivity contribution in [1.82, 2.24) is 19.8 Å². The molecule has 1 aliphatic heterocycles. The minimum absolute atomic E-state index is 0.257. The predicted octanol–water partition coefficient (Wildman–Crippen LogP) is 4.75. The zero-order chi connectivity index (χ0) is 25.7. The number of methoxy groups -OCH3 is 2. The van der Waals surface area contributed by atoms with E-state index in [-0.39, 0.29) is 17.8 Å². The van der Waals surface area contributed by atoms with Gasteiger partial charge in [-0.1, -0.05) is 6.07 Å². The summed E-state index contributed by atoms with van der Waals surface area (Å²) in [7, 11) is 5.12. The molecule has 0 atom stereocenters. The molecule has 2 heterocycles. The van der Waals surface area contributed by atoms with Gasteiger partial charge in [-0.15, -0.1) is 0 Å². The van der Waals surface area contributed by atoms with Crippen molar-refractivity contribution in [2.24, 2.45) is 0 Å². The van der Waals surface area contributed by atoms with E-state index in [1.54, 1.807) is 44.6 Å². The summed E-state index contributed by atoms with van der Waals surface area (Å²) >= 11 is 0. The lowest BCUT2D eigenvalue weighted by Crippen LogP contribution is -2.44. The van der Waals surface area contributed by atoms with Gasteiger partial charge in [-0.25, -0.2) is 9.97 Å². The van der Waals surface area contributed by atoms with E-state index >= 15 is 0 Å². The van der Waals surface area contributed by atoms with Gasteiger partial charge in [-0.2, -0.15) is 13.2 Å². The van der Waals surface area contributed by atoms with Crippen LogP contribution in [0.1, 0.15) is 11.1 Å². The van der Waals surface area contributed by atoms with Crippen molar-refractivity contribution in [3.8, 4) is 11.5 Å². The predicted molar refractivity (Wildman–Crippen MR) is 132 cm³/mol. The molecule has 1 aliphatic rings. The number of halogens is 3. The van der Waals surface area contributed by atoms with E-state index in [2.05, 4.69) is 25.5 Å². The van der Waals surface area contributed by atoms with Gasteiger partial charge in [0.1, 0.15) is 29.5 Å². The normalized spacial score (nSPS) is 14.9. The van der Waals surface area contributed by atoms with Gasteiger partial charge in [0.05, 0.1) is 25.5 Å². The van der Waals surface area contributed by atoms with E-state index in [9.17, 15) is 13.2 Å². The Balaban J connectivity index is 1.53. The van der Waals surface area contributed by atoms with Gasteiger partial charge in [0, 0.05) is 50.5 Å². The van der Waals surface area contributed by atoms with E-state index in [0.717, 1.165) is 32.2 Å². The van der Waals surface area contributed by atoms with E-state index in [0.29, 0.717) is 28.8 Å². The number of alkyl halides is 3. The molecule has 0 bridgehead atoms. The molecule has 36 heavy (non-hydrogen) atoms. The van der Waals surface area contributed by atoms with Gasteiger partial charge in [0.2, 0.25) is 0 Å². The Morgan fingerprint density at radius 3 is 2.28 bits per heavy atom. The molecule has 0 aliphatic carbocycles. The van der Waals surface area contributed by atoms with Crippen molar-refractivity contribution in [2.75, 3.05) is 58.1 Å². The topological polar surface area (TPSA) is 74.8 Å². The molecule has 0 radical (unpaired) electrons. The summed E-state index contributed by atoms with van der Waals surface area (Å²) in [5.74, 6) is 1.98. The summed E-state index contributed by atoms with van der Waals surface area (Å²) in [6.45, 7) is 3.41. The highest BCUT2D eigenvalue weighted by Gasteiger charge is 2.34. The quantitative estimate of drug-likeness (QED) is 0.457. The fourth-order valence-corrected chi connectivity index (χ4v) is 3.99. The number of nitrogens with zero attached hydrogens (tertiary/aromatic N) is 4. The zero-order valence-corrected chi connectivity index (χ0v) is 20.4. The molecule has 1 aromatic heterocycles. The van der Waals surface area contributed by atoms with Crippen LogP contribution in [0.2, 0.25) is 0 Å². The smallest absolute Gasteiger partial charge is 0.416 e. The van der Waals surface area contributed by atoms with Gasteiger partial charge in [-0.05, 0) is 36.9 Å². The first-order valence-electron chi connectivity index (χ1n) is 11.4. The van der Waals surface area contributed by atoms with Crippen LogP contribution in [0.15, 0.2) is 48.8 Å². The second-order valence-electron chi connectivity index (χ2n) is 8.55. The van der Waals surface area contributed by atoms with Crippen LogP contribution in [0.25, 0.3) is 0 Å². The molecule has 2 aromatic carbocycles. The summed E-state index contributed by atoms with van der Waals surface area (Å²) in [6.07, 6.45) is -3.15. The Morgan fingerprint density at radius 1 is 0.889 bits per heavy atom. The van der Waals surface area contributed by atoms with E-state index in [1.807, 2.05) is 11.9 Å². The fraction of sp³-hybridized carbons (Fsp3) is 0.360. The first kappa shape index (κ1) is 25.5. The third-order valence-corrected chi connectivity index (χ3v) is 6.01.